The number of aromatic nitrogens is 1. The van der Waals surface area contributed by atoms with Crippen molar-refractivity contribution in [1.82, 2.24) is 9.47 Å². The SMILES string of the molecule is CCCCC(CC)CN1C(=O)/C(=C/c2c(C)c(C#N)c(=O)n(CCC)c2N2CCN(c3ccc(F)cc3)CC2)SC1=S. The second-order valence-corrected chi connectivity index (χ2v) is 12.6. The molecule has 2 fully saturated rings. The van der Waals surface area contributed by atoms with Gasteiger partial charge in [0.1, 0.15) is 27.6 Å². The number of nitrogens with zero attached hydrogens (tertiary/aromatic N) is 5. The Morgan fingerprint density at radius 3 is 2.33 bits per heavy atom. The normalized spacial score (nSPS) is 17.3. The van der Waals surface area contributed by atoms with Gasteiger partial charge in [0, 0.05) is 50.5 Å². The van der Waals surface area contributed by atoms with Crippen LogP contribution in [0.25, 0.3) is 6.08 Å². The largest absolute Gasteiger partial charge is 0.368 e. The second kappa shape index (κ2) is 14.3. The molecule has 2 aliphatic rings. The first kappa shape index (κ1) is 31.8. The number of nitriles is 1. The number of unbranched alkanes of at least 4 members (excludes halogenated alkanes) is 1. The number of thiocarbonyl (C=S) groups is 1. The molecule has 0 saturated carbocycles. The summed E-state index contributed by atoms with van der Waals surface area (Å²) in [6, 6.07) is 8.61. The molecule has 0 aliphatic carbocycles. The summed E-state index contributed by atoms with van der Waals surface area (Å²) in [6.45, 7) is 11.8. The van der Waals surface area contributed by atoms with Crippen LogP contribution < -0.4 is 15.4 Å². The molecule has 1 atom stereocenters. The maximum absolute atomic E-state index is 13.7. The van der Waals surface area contributed by atoms with Crippen molar-refractivity contribution in [3.8, 4) is 6.07 Å². The van der Waals surface area contributed by atoms with E-state index in [0.717, 1.165) is 37.2 Å². The van der Waals surface area contributed by atoms with Crippen LogP contribution in [-0.4, -0.2) is 52.4 Å². The van der Waals surface area contributed by atoms with Gasteiger partial charge in [-0.25, -0.2) is 4.39 Å². The van der Waals surface area contributed by atoms with Gasteiger partial charge in [0.05, 0.1) is 4.91 Å². The molecule has 1 aromatic carbocycles. The van der Waals surface area contributed by atoms with E-state index in [2.05, 4.69) is 29.7 Å². The Morgan fingerprint density at radius 1 is 1.07 bits per heavy atom. The van der Waals surface area contributed by atoms with E-state index < -0.39 is 0 Å². The van der Waals surface area contributed by atoms with Gasteiger partial charge in [-0.15, -0.1) is 0 Å². The number of pyridine rings is 1. The highest BCUT2D eigenvalue weighted by atomic mass is 32.2. The van der Waals surface area contributed by atoms with Crippen LogP contribution in [0.2, 0.25) is 0 Å². The first-order valence-electron chi connectivity index (χ1n) is 14.9. The average molecular weight is 610 g/mol. The molecule has 2 saturated heterocycles. The van der Waals surface area contributed by atoms with Crippen molar-refractivity contribution in [3.63, 3.8) is 0 Å². The van der Waals surface area contributed by atoms with Gasteiger partial charge in [-0.05, 0) is 61.6 Å². The van der Waals surface area contributed by atoms with Crippen molar-refractivity contribution in [1.29, 1.82) is 5.26 Å². The molecule has 1 unspecified atom stereocenters. The number of carbonyl (C=O) groups is 1. The van der Waals surface area contributed by atoms with Crippen LogP contribution in [0.3, 0.4) is 0 Å². The van der Waals surface area contributed by atoms with Gasteiger partial charge < -0.3 is 9.80 Å². The van der Waals surface area contributed by atoms with Gasteiger partial charge in [0.15, 0.2) is 0 Å². The molecule has 3 heterocycles. The summed E-state index contributed by atoms with van der Waals surface area (Å²) < 4.78 is 15.7. The minimum absolute atomic E-state index is 0.101. The molecule has 1 amide bonds. The zero-order valence-electron chi connectivity index (χ0n) is 25.0. The molecule has 1 aromatic heterocycles. The van der Waals surface area contributed by atoms with E-state index in [1.54, 1.807) is 28.5 Å². The molecule has 7 nitrogen and oxygen atoms in total. The molecular formula is C32H40FN5O2S2. The number of carbonyl (C=O) groups excluding carboxylic acids is 1. The highest BCUT2D eigenvalue weighted by molar-refractivity contribution is 8.26. The molecular weight excluding hydrogens is 570 g/mol. The monoisotopic (exact) mass is 609 g/mol. The van der Waals surface area contributed by atoms with Crippen LogP contribution in [0.4, 0.5) is 15.9 Å². The Morgan fingerprint density at radius 2 is 1.74 bits per heavy atom. The fraction of sp³-hybridized carbons (Fsp3) is 0.500. The van der Waals surface area contributed by atoms with Crippen LogP contribution in [0.5, 0.6) is 0 Å². The lowest BCUT2D eigenvalue weighted by Gasteiger charge is -2.39. The molecule has 42 heavy (non-hydrogen) atoms. The van der Waals surface area contributed by atoms with Crippen molar-refractivity contribution in [2.24, 2.45) is 5.92 Å². The first-order chi connectivity index (χ1) is 20.2. The van der Waals surface area contributed by atoms with E-state index >= 15 is 0 Å². The van der Waals surface area contributed by atoms with Crippen molar-refractivity contribution in [3.05, 3.63) is 62.0 Å². The summed E-state index contributed by atoms with van der Waals surface area (Å²) >= 11 is 6.96. The number of amides is 1. The molecule has 2 aromatic rings. The Hall–Kier alpha value is -3.16. The minimum atomic E-state index is -0.306. The van der Waals surface area contributed by atoms with Gasteiger partial charge in [-0.2, -0.15) is 5.26 Å². The smallest absolute Gasteiger partial charge is 0.270 e. The third kappa shape index (κ3) is 6.73. The molecule has 224 valence electrons. The highest BCUT2D eigenvalue weighted by Gasteiger charge is 2.34. The number of halogens is 1. The van der Waals surface area contributed by atoms with Gasteiger partial charge in [-0.3, -0.25) is 19.1 Å². The zero-order chi connectivity index (χ0) is 30.4. The molecule has 0 bridgehead atoms. The van der Waals surface area contributed by atoms with Gasteiger partial charge in [0.25, 0.3) is 11.5 Å². The summed E-state index contributed by atoms with van der Waals surface area (Å²) in [6.07, 6.45) is 6.84. The van der Waals surface area contributed by atoms with Crippen molar-refractivity contribution in [2.45, 2.75) is 66.3 Å². The number of rotatable bonds is 11. The average Bonchev–Trinajstić information content (AvgIpc) is 3.25. The van der Waals surface area contributed by atoms with Crippen LogP contribution in [0.15, 0.2) is 34.0 Å². The highest BCUT2D eigenvalue weighted by Crippen LogP contribution is 2.37. The van der Waals surface area contributed by atoms with Crippen molar-refractivity contribution < 1.29 is 9.18 Å². The van der Waals surface area contributed by atoms with Gasteiger partial charge in [-0.1, -0.05) is 64.0 Å². The van der Waals surface area contributed by atoms with E-state index in [1.165, 1.54) is 23.9 Å². The zero-order valence-corrected chi connectivity index (χ0v) is 26.6. The summed E-state index contributed by atoms with van der Waals surface area (Å²) in [7, 11) is 0. The Kier molecular flexibility index (Phi) is 10.8. The lowest BCUT2D eigenvalue weighted by molar-refractivity contribution is -0.122. The molecule has 0 N–H and O–H groups in total. The van der Waals surface area contributed by atoms with Gasteiger partial charge in [0.2, 0.25) is 0 Å². The molecule has 10 heteroatoms. The van der Waals surface area contributed by atoms with Crippen molar-refractivity contribution in [2.75, 3.05) is 42.5 Å². The van der Waals surface area contributed by atoms with Gasteiger partial charge >= 0.3 is 0 Å². The Labute approximate surface area is 258 Å². The van der Waals surface area contributed by atoms with E-state index in [-0.39, 0.29) is 22.8 Å². The minimum Gasteiger partial charge on any atom is -0.368 e. The van der Waals surface area contributed by atoms with Crippen LogP contribution in [0, 0.1) is 30.0 Å². The molecule has 2 aliphatic heterocycles. The maximum atomic E-state index is 13.7. The quantitative estimate of drug-likeness (QED) is 0.218. The summed E-state index contributed by atoms with van der Waals surface area (Å²) in [5.41, 5.74) is 2.04. The van der Waals surface area contributed by atoms with Crippen LogP contribution in [-0.2, 0) is 11.3 Å². The summed E-state index contributed by atoms with van der Waals surface area (Å²) in [5.74, 6) is 0.739. The second-order valence-electron chi connectivity index (χ2n) is 11.0. The molecule has 0 radical (unpaired) electrons. The number of hydrogen-bond donors (Lipinski definition) is 0. The predicted octanol–water partition coefficient (Wildman–Crippen LogP) is 6.32. The van der Waals surface area contributed by atoms with E-state index in [0.29, 0.717) is 72.0 Å². The first-order valence-corrected chi connectivity index (χ1v) is 16.1. The number of hydrogen-bond acceptors (Lipinski definition) is 7. The number of anilines is 2. The fourth-order valence-electron chi connectivity index (χ4n) is 5.71. The fourth-order valence-corrected chi connectivity index (χ4v) is 6.97. The number of thioether (sulfide) groups is 1. The Balaban J connectivity index is 1.72. The third-order valence-corrected chi connectivity index (χ3v) is 9.58. The lowest BCUT2D eigenvalue weighted by Crippen LogP contribution is -2.48. The Bertz CT molecular complexity index is 1440. The standard InChI is InChI=1S/C32H40FN5O2S2/c1-5-8-9-23(7-3)21-38-31(40)28(42-32(38)41)19-26-22(4)27(20-34)30(39)37(14-6-2)29(26)36-17-15-35(16-18-36)25-12-10-24(33)11-13-25/h10-13,19,23H,5-9,14-18,21H2,1-4H3/b28-19-. The third-order valence-electron chi connectivity index (χ3n) is 8.20. The summed E-state index contributed by atoms with van der Waals surface area (Å²) in [4.78, 5) is 33.8. The number of benzene rings is 1. The molecule has 0 spiro atoms. The maximum Gasteiger partial charge on any atom is 0.270 e. The van der Waals surface area contributed by atoms with E-state index in [4.69, 9.17) is 12.2 Å². The predicted molar refractivity (Wildman–Crippen MR) is 174 cm³/mol. The number of piperazine rings is 1. The van der Waals surface area contributed by atoms with E-state index in [1.807, 2.05) is 13.0 Å². The summed E-state index contributed by atoms with van der Waals surface area (Å²) in [5, 5.41) is 9.96. The van der Waals surface area contributed by atoms with Crippen molar-refractivity contribution >= 4 is 51.8 Å². The van der Waals surface area contributed by atoms with Crippen LogP contribution >= 0.6 is 24.0 Å². The lowest BCUT2D eigenvalue weighted by atomic mass is 9.99. The van der Waals surface area contributed by atoms with E-state index in [9.17, 15) is 19.2 Å². The topological polar surface area (TPSA) is 72.6 Å². The molecule has 4 rings (SSSR count). The van der Waals surface area contributed by atoms with Crippen LogP contribution in [0.1, 0.15) is 69.6 Å².